The van der Waals surface area contributed by atoms with Crippen molar-refractivity contribution in [2.24, 2.45) is 0 Å². The smallest absolute Gasteiger partial charge is 0.276 e. The first-order valence-corrected chi connectivity index (χ1v) is 7.74. The molecular weight excluding hydrogens is 316 g/mol. The van der Waals surface area contributed by atoms with Gasteiger partial charge in [0.15, 0.2) is 11.5 Å². The fraction of sp³-hybridized carbons (Fsp3) is 0.294. The van der Waals surface area contributed by atoms with Crippen LogP contribution < -0.4 is 0 Å². The largest absolute Gasteiger partial charge is 0.377 e. The molecule has 1 aromatic carbocycles. The highest BCUT2D eigenvalue weighted by Crippen LogP contribution is 2.24. The molecule has 0 fully saturated rings. The molecule has 0 saturated carbocycles. The number of methoxy groups -OCH3 is 1. The highest BCUT2D eigenvalue weighted by Gasteiger charge is 2.22. The lowest BCUT2D eigenvalue weighted by molar-refractivity contribution is 0.0762. The van der Waals surface area contributed by atoms with Gasteiger partial charge in [0.25, 0.3) is 5.91 Å². The van der Waals surface area contributed by atoms with Crippen LogP contribution in [0.5, 0.6) is 0 Å². The number of ether oxygens (including phenoxy) is 1. The number of hydrogen-bond acceptors (Lipinski definition) is 4. The van der Waals surface area contributed by atoms with Crippen molar-refractivity contribution >= 4 is 23.1 Å². The summed E-state index contributed by atoms with van der Waals surface area (Å²) in [6.45, 7) is 1.52. The Bertz CT molecular complexity index is 722. The first kappa shape index (κ1) is 15.8. The van der Waals surface area contributed by atoms with E-state index in [1.807, 2.05) is 24.3 Å². The molecule has 5 nitrogen and oxygen atoms in total. The lowest BCUT2D eigenvalue weighted by atomic mass is 9.99. The number of carbonyl (C=O) groups is 1. The lowest BCUT2D eigenvalue weighted by Crippen LogP contribution is -2.34. The zero-order valence-electron chi connectivity index (χ0n) is 12.8. The van der Waals surface area contributed by atoms with Crippen molar-refractivity contribution in [3.63, 3.8) is 0 Å². The summed E-state index contributed by atoms with van der Waals surface area (Å²) in [5.41, 5.74) is 2.69. The Morgan fingerprint density at radius 1 is 1.39 bits per heavy atom. The van der Waals surface area contributed by atoms with Gasteiger partial charge in [0.1, 0.15) is 6.61 Å². The third-order valence-corrected chi connectivity index (χ3v) is 4.03. The maximum Gasteiger partial charge on any atom is 0.276 e. The summed E-state index contributed by atoms with van der Waals surface area (Å²) in [5.74, 6) is 0.424. The molecule has 120 valence electrons. The Balaban J connectivity index is 1.67. The molecule has 0 N–H and O–H groups in total. The van der Waals surface area contributed by atoms with Crippen molar-refractivity contribution in [2.75, 3.05) is 20.2 Å². The second-order valence-corrected chi connectivity index (χ2v) is 5.79. The standard InChI is InChI=1S/C17H17ClN2O3/c1-22-11-15-10-16(19-23-15)17(21)20-8-6-13(7-9-20)12-2-4-14(18)5-3-12/h2-6,10H,7-9,11H2,1H3. The average Bonchev–Trinajstić information content (AvgIpc) is 3.04. The number of halogens is 1. The van der Waals surface area contributed by atoms with E-state index in [9.17, 15) is 4.79 Å². The predicted molar refractivity (Wildman–Crippen MR) is 87.2 cm³/mol. The maximum atomic E-state index is 12.4. The van der Waals surface area contributed by atoms with Crippen LogP contribution in [-0.4, -0.2) is 36.2 Å². The van der Waals surface area contributed by atoms with Gasteiger partial charge in [-0.3, -0.25) is 4.79 Å². The molecule has 2 heterocycles. The zero-order chi connectivity index (χ0) is 16.2. The summed E-state index contributed by atoms with van der Waals surface area (Å²) >= 11 is 5.91. The molecule has 1 aliphatic rings. The summed E-state index contributed by atoms with van der Waals surface area (Å²) in [4.78, 5) is 14.2. The van der Waals surface area contributed by atoms with Gasteiger partial charge >= 0.3 is 0 Å². The molecule has 1 aromatic heterocycles. The predicted octanol–water partition coefficient (Wildman–Crippen LogP) is 3.40. The van der Waals surface area contributed by atoms with Crippen molar-refractivity contribution in [3.05, 3.63) is 58.4 Å². The number of hydrogen-bond donors (Lipinski definition) is 0. The molecule has 0 bridgehead atoms. The molecule has 6 heteroatoms. The maximum absolute atomic E-state index is 12.4. The molecule has 1 amide bonds. The van der Waals surface area contributed by atoms with E-state index in [4.69, 9.17) is 20.9 Å². The average molecular weight is 333 g/mol. The van der Waals surface area contributed by atoms with Gasteiger partial charge in [0, 0.05) is 31.3 Å². The summed E-state index contributed by atoms with van der Waals surface area (Å²) < 4.78 is 10.0. The van der Waals surface area contributed by atoms with Crippen molar-refractivity contribution in [3.8, 4) is 0 Å². The van der Waals surface area contributed by atoms with Gasteiger partial charge < -0.3 is 14.2 Å². The van der Waals surface area contributed by atoms with E-state index >= 15 is 0 Å². The van der Waals surface area contributed by atoms with Crippen LogP contribution in [0.15, 0.2) is 40.9 Å². The van der Waals surface area contributed by atoms with E-state index in [1.165, 1.54) is 5.57 Å². The van der Waals surface area contributed by atoms with Crippen LogP contribution in [-0.2, 0) is 11.3 Å². The van der Waals surface area contributed by atoms with E-state index in [1.54, 1.807) is 18.1 Å². The van der Waals surface area contributed by atoms with E-state index in [0.717, 1.165) is 17.0 Å². The minimum atomic E-state index is -0.123. The SMILES string of the molecule is COCc1cc(C(=O)N2CC=C(c3ccc(Cl)cc3)CC2)no1. The molecule has 1 aliphatic heterocycles. The molecule has 3 rings (SSSR count). The van der Waals surface area contributed by atoms with Gasteiger partial charge in [-0.05, 0) is 29.7 Å². The van der Waals surface area contributed by atoms with Crippen molar-refractivity contribution in [1.82, 2.24) is 10.1 Å². The molecule has 0 saturated heterocycles. The Kier molecular flexibility index (Phi) is 4.79. The fourth-order valence-corrected chi connectivity index (χ4v) is 2.69. The van der Waals surface area contributed by atoms with Gasteiger partial charge in [-0.2, -0.15) is 0 Å². The number of carbonyl (C=O) groups excluding carboxylic acids is 1. The van der Waals surface area contributed by atoms with Crippen LogP contribution in [0.25, 0.3) is 5.57 Å². The molecular formula is C17H17ClN2O3. The van der Waals surface area contributed by atoms with Gasteiger partial charge in [-0.1, -0.05) is 35.0 Å². The Hall–Kier alpha value is -2.11. The second-order valence-electron chi connectivity index (χ2n) is 5.35. The highest BCUT2D eigenvalue weighted by atomic mass is 35.5. The third kappa shape index (κ3) is 3.63. The quantitative estimate of drug-likeness (QED) is 0.861. The van der Waals surface area contributed by atoms with E-state index in [2.05, 4.69) is 11.2 Å². The number of nitrogens with zero attached hydrogens (tertiary/aromatic N) is 2. The summed E-state index contributed by atoms with van der Waals surface area (Å²) in [6, 6.07) is 9.38. The summed E-state index contributed by atoms with van der Waals surface area (Å²) in [5, 5.41) is 4.54. The van der Waals surface area contributed by atoms with Crippen LogP contribution in [0, 0.1) is 0 Å². The minimum absolute atomic E-state index is 0.123. The van der Waals surface area contributed by atoms with E-state index in [-0.39, 0.29) is 5.91 Å². The van der Waals surface area contributed by atoms with Gasteiger partial charge in [-0.25, -0.2) is 0 Å². The first-order valence-electron chi connectivity index (χ1n) is 7.36. The van der Waals surface area contributed by atoms with Crippen LogP contribution in [0.4, 0.5) is 0 Å². The van der Waals surface area contributed by atoms with E-state index < -0.39 is 0 Å². The zero-order valence-corrected chi connectivity index (χ0v) is 13.5. The minimum Gasteiger partial charge on any atom is -0.377 e. The molecule has 0 radical (unpaired) electrons. The summed E-state index contributed by atoms with van der Waals surface area (Å²) in [6.07, 6.45) is 2.87. The molecule has 0 aliphatic carbocycles. The fourth-order valence-electron chi connectivity index (χ4n) is 2.57. The third-order valence-electron chi connectivity index (χ3n) is 3.78. The number of benzene rings is 1. The van der Waals surface area contributed by atoms with Gasteiger partial charge in [-0.15, -0.1) is 0 Å². The van der Waals surface area contributed by atoms with Gasteiger partial charge in [0.2, 0.25) is 0 Å². The number of aromatic nitrogens is 1. The lowest BCUT2D eigenvalue weighted by Gasteiger charge is -2.25. The Labute approximate surface area is 139 Å². The number of amides is 1. The van der Waals surface area contributed by atoms with Crippen molar-refractivity contribution < 1.29 is 14.1 Å². The number of rotatable bonds is 4. The summed E-state index contributed by atoms with van der Waals surface area (Å²) in [7, 11) is 1.57. The molecule has 0 unspecified atom stereocenters. The highest BCUT2D eigenvalue weighted by molar-refractivity contribution is 6.30. The van der Waals surface area contributed by atoms with Crippen LogP contribution in [0.3, 0.4) is 0 Å². The van der Waals surface area contributed by atoms with Crippen LogP contribution >= 0.6 is 11.6 Å². The van der Waals surface area contributed by atoms with Crippen LogP contribution in [0.2, 0.25) is 5.02 Å². The second kappa shape index (κ2) is 6.98. The van der Waals surface area contributed by atoms with Gasteiger partial charge in [0.05, 0.1) is 0 Å². The topological polar surface area (TPSA) is 55.6 Å². The van der Waals surface area contributed by atoms with E-state index in [0.29, 0.717) is 31.2 Å². The van der Waals surface area contributed by atoms with Crippen molar-refractivity contribution in [2.45, 2.75) is 13.0 Å². The van der Waals surface area contributed by atoms with Crippen LogP contribution in [0.1, 0.15) is 28.2 Å². The molecule has 0 spiro atoms. The molecule has 0 atom stereocenters. The molecule has 2 aromatic rings. The van der Waals surface area contributed by atoms with Crippen molar-refractivity contribution in [1.29, 1.82) is 0 Å². The molecule has 23 heavy (non-hydrogen) atoms. The first-order chi connectivity index (χ1) is 11.2. The Morgan fingerprint density at radius 2 is 2.17 bits per heavy atom. The Morgan fingerprint density at radius 3 is 2.83 bits per heavy atom. The monoisotopic (exact) mass is 332 g/mol. The normalized spacial score (nSPS) is 14.7.